The highest BCUT2D eigenvalue weighted by atomic mass is 79.9. The van der Waals surface area contributed by atoms with Crippen molar-refractivity contribution in [3.05, 3.63) is 28.2 Å². The Morgan fingerprint density at radius 1 is 1.35 bits per heavy atom. The number of ether oxygens (including phenoxy) is 1. The molecule has 0 aromatic heterocycles. The van der Waals surface area contributed by atoms with Gasteiger partial charge in [0, 0.05) is 4.47 Å². The van der Waals surface area contributed by atoms with Crippen LogP contribution >= 0.6 is 15.9 Å². The zero-order valence-corrected chi connectivity index (χ0v) is 12.4. The van der Waals surface area contributed by atoms with Crippen molar-refractivity contribution in [2.75, 3.05) is 0 Å². The van der Waals surface area contributed by atoms with Crippen molar-refractivity contribution < 1.29 is 9.53 Å². The number of benzene rings is 1. The fraction of sp³-hybridized carbons (Fsp3) is 0.500. The second-order valence-electron chi connectivity index (χ2n) is 4.75. The molecule has 17 heavy (non-hydrogen) atoms. The van der Waals surface area contributed by atoms with Crippen molar-refractivity contribution in [3.63, 3.8) is 0 Å². The summed E-state index contributed by atoms with van der Waals surface area (Å²) in [5.41, 5.74) is 0.642. The zero-order valence-electron chi connectivity index (χ0n) is 10.8. The molecule has 2 nitrogen and oxygen atoms in total. The highest BCUT2D eigenvalue weighted by Crippen LogP contribution is 2.26. The Kier molecular flexibility index (Phi) is 5.19. The number of Topliss-reactive ketones (excluding diaryl/α,β-unsaturated/α-hetero) is 1. The Labute approximate surface area is 111 Å². The summed E-state index contributed by atoms with van der Waals surface area (Å²) in [6, 6.07) is 5.51. The van der Waals surface area contributed by atoms with Crippen LogP contribution in [0.3, 0.4) is 0 Å². The van der Waals surface area contributed by atoms with Crippen molar-refractivity contribution in [2.24, 2.45) is 5.92 Å². The Balaban J connectivity index is 2.88. The van der Waals surface area contributed by atoms with Gasteiger partial charge < -0.3 is 4.74 Å². The van der Waals surface area contributed by atoms with E-state index in [0.717, 1.165) is 10.9 Å². The Hall–Kier alpha value is -0.830. The molecule has 0 saturated heterocycles. The molecule has 1 aromatic rings. The average molecular weight is 299 g/mol. The summed E-state index contributed by atoms with van der Waals surface area (Å²) >= 11 is 3.39. The van der Waals surface area contributed by atoms with Gasteiger partial charge in [-0.05, 0) is 44.4 Å². The van der Waals surface area contributed by atoms with Gasteiger partial charge in [-0.15, -0.1) is 0 Å². The zero-order chi connectivity index (χ0) is 13.0. The van der Waals surface area contributed by atoms with E-state index in [9.17, 15) is 4.79 Å². The summed E-state index contributed by atoms with van der Waals surface area (Å²) < 4.78 is 6.77. The number of rotatable bonds is 5. The number of carbonyl (C=O) groups excluding carboxylic acids is 1. The van der Waals surface area contributed by atoms with Crippen LogP contribution in [-0.2, 0) is 0 Å². The van der Waals surface area contributed by atoms with E-state index < -0.39 is 0 Å². The smallest absolute Gasteiger partial charge is 0.163 e. The van der Waals surface area contributed by atoms with Gasteiger partial charge in [0.15, 0.2) is 5.78 Å². The molecule has 1 atom stereocenters. The van der Waals surface area contributed by atoms with Crippen molar-refractivity contribution >= 4 is 21.7 Å². The molecule has 1 rings (SSSR count). The van der Waals surface area contributed by atoms with E-state index in [-0.39, 0.29) is 11.9 Å². The van der Waals surface area contributed by atoms with Crippen LogP contribution in [0, 0.1) is 5.92 Å². The lowest BCUT2D eigenvalue weighted by Gasteiger charge is -2.18. The molecule has 0 amide bonds. The van der Waals surface area contributed by atoms with Gasteiger partial charge in [-0.1, -0.05) is 29.8 Å². The number of hydrogen-bond acceptors (Lipinski definition) is 2. The van der Waals surface area contributed by atoms with Crippen LogP contribution in [0.25, 0.3) is 0 Å². The monoisotopic (exact) mass is 298 g/mol. The van der Waals surface area contributed by atoms with E-state index in [1.54, 1.807) is 13.0 Å². The lowest BCUT2D eigenvalue weighted by molar-refractivity contribution is 0.101. The fourth-order valence-corrected chi connectivity index (χ4v) is 2.15. The summed E-state index contributed by atoms with van der Waals surface area (Å²) in [5, 5.41) is 0. The molecule has 0 aliphatic heterocycles. The van der Waals surface area contributed by atoms with E-state index >= 15 is 0 Å². The first kappa shape index (κ1) is 14.2. The number of carbonyl (C=O) groups is 1. The molecule has 0 saturated carbocycles. The van der Waals surface area contributed by atoms with Crippen LogP contribution in [0.2, 0.25) is 0 Å². The van der Waals surface area contributed by atoms with E-state index in [2.05, 4.69) is 29.8 Å². The molecule has 0 spiro atoms. The largest absolute Gasteiger partial charge is 0.490 e. The van der Waals surface area contributed by atoms with E-state index in [0.29, 0.717) is 17.2 Å². The topological polar surface area (TPSA) is 26.3 Å². The lowest BCUT2D eigenvalue weighted by atomic mass is 10.1. The molecule has 0 radical (unpaired) electrons. The summed E-state index contributed by atoms with van der Waals surface area (Å²) in [4.78, 5) is 11.5. The first-order chi connectivity index (χ1) is 7.90. The lowest BCUT2D eigenvalue weighted by Crippen LogP contribution is -2.16. The van der Waals surface area contributed by atoms with Gasteiger partial charge >= 0.3 is 0 Å². The molecule has 1 aromatic carbocycles. The second kappa shape index (κ2) is 6.20. The standard InChI is InChI=1S/C14H19BrO2/c1-9(2)7-10(3)17-14-8-12(15)5-6-13(14)11(4)16/h5-6,8-10H,7H2,1-4H3. The van der Waals surface area contributed by atoms with E-state index in [4.69, 9.17) is 4.74 Å². The molecule has 0 aliphatic rings. The average Bonchev–Trinajstić information content (AvgIpc) is 2.15. The minimum Gasteiger partial charge on any atom is -0.490 e. The molecular weight excluding hydrogens is 280 g/mol. The van der Waals surface area contributed by atoms with Gasteiger partial charge in [0.25, 0.3) is 0 Å². The van der Waals surface area contributed by atoms with Crippen LogP contribution in [0.1, 0.15) is 44.5 Å². The third-order valence-corrected chi connectivity index (χ3v) is 2.95. The van der Waals surface area contributed by atoms with Crippen molar-refractivity contribution in [3.8, 4) is 5.75 Å². The minimum atomic E-state index is 0.0317. The van der Waals surface area contributed by atoms with Crippen molar-refractivity contribution in [2.45, 2.75) is 40.2 Å². The van der Waals surface area contributed by atoms with E-state index in [1.807, 2.05) is 19.1 Å². The maximum absolute atomic E-state index is 11.5. The van der Waals surface area contributed by atoms with Gasteiger partial charge in [0.2, 0.25) is 0 Å². The van der Waals surface area contributed by atoms with Crippen LogP contribution in [0.5, 0.6) is 5.75 Å². The predicted molar refractivity (Wildman–Crippen MR) is 73.7 cm³/mol. The van der Waals surface area contributed by atoms with Crippen molar-refractivity contribution in [1.82, 2.24) is 0 Å². The highest BCUT2D eigenvalue weighted by Gasteiger charge is 2.13. The molecule has 0 heterocycles. The molecule has 1 unspecified atom stereocenters. The normalized spacial score (nSPS) is 12.6. The fourth-order valence-electron chi connectivity index (χ4n) is 1.81. The molecule has 0 aliphatic carbocycles. The Bertz CT molecular complexity index is 399. The van der Waals surface area contributed by atoms with Gasteiger partial charge in [0.1, 0.15) is 5.75 Å². The summed E-state index contributed by atoms with van der Waals surface area (Å²) in [5.74, 6) is 1.28. The minimum absolute atomic E-state index is 0.0317. The molecule has 3 heteroatoms. The first-order valence-corrected chi connectivity index (χ1v) is 6.66. The summed E-state index contributed by atoms with van der Waals surface area (Å²) in [6.45, 7) is 7.91. The van der Waals surface area contributed by atoms with Gasteiger partial charge in [-0.25, -0.2) is 0 Å². The Morgan fingerprint density at radius 2 is 2.00 bits per heavy atom. The van der Waals surface area contributed by atoms with Gasteiger partial charge in [-0.2, -0.15) is 0 Å². The van der Waals surface area contributed by atoms with Gasteiger partial charge in [0.05, 0.1) is 11.7 Å². The molecular formula is C14H19BrO2. The van der Waals surface area contributed by atoms with E-state index in [1.165, 1.54) is 0 Å². The van der Waals surface area contributed by atoms with Crippen LogP contribution < -0.4 is 4.74 Å². The van der Waals surface area contributed by atoms with Crippen molar-refractivity contribution in [1.29, 1.82) is 0 Å². The maximum Gasteiger partial charge on any atom is 0.163 e. The highest BCUT2D eigenvalue weighted by molar-refractivity contribution is 9.10. The quantitative estimate of drug-likeness (QED) is 0.750. The predicted octanol–water partition coefficient (Wildman–Crippen LogP) is 4.47. The second-order valence-corrected chi connectivity index (χ2v) is 5.67. The molecule has 0 fully saturated rings. The number of ketones is 1. The third kappa shape index (κ3) is 4.50. The molecule has 0 bridgehead atoms. The molecule has 94 valence electrons. The summed E-state index contributed by atoms with van der Waals surface area (Å²) in [6.07, 6.45) is 1.09. The first-order valence-electron chi connectivity index (χ1n) is 5.87. The number of halogens is 1. The van der Waals surface area contributed by atoms with Crippen LogP contribution in [0.4, 0.5) is 0 Å². The van der Waals surface area contributed by atoms with Crippen LogP contribution in [0.15, 0.2) is 22.7 Å². The molecule has 0 N–H and O–H groups in total. The Morgan fingerprint density at radius 3 is 2.53 bits per heavy atom. The van der Waals surface area contributed by atoms with Gasteiger partial charge in [-0.3, -0.25) is 4.79 Å². The summed E-state index contributed by atoms with van der Waals surface area (Å²) in [7, 11) is 0. The number of hydrogen-bond donors (Lipinski definition) is 0. The third-order valence-electron chi connectivity index (χ3n) is 2.45. The van der Waals surface area contributed by atoms with Crippen LogP contribution in [-0.4, -0.2) is 11.9 Å². The SMILES string of the molecule is CC(=O)c1ccc(Br)cc1OC(C)CC(C)C. The maximum atomic E-state index is 11.5.